The molecule has 1 N–H and O–H groups in total. The summed E-state index contributed by atoms with van der Waals surface area (Å²) < 4.78 is 1.32. The van der Waals surface area contributed by atoms with Crippen LogP contribution in [-0.2, 0) is 0 Å². The van der Waals surface area contributed by atoms with Gasteiger partial charge >= 0.3 is 78.9 Å². The maximum atomic E-state index is 9.22. The van der Waals surface area contributed by atoms with E-state index in [-0.39, 0.29) is 6.10 Å². The van der Waals surface area contributed by atoms with Crippen molar-refractivity contribution in [3.05, 3.63) is 43.0 Å². The second-order valence-electron chi connectivity index (χ2n) is 2.43. The van der Waals surface area contributed by atoms with Gasteiger partial charge in [-0.3, -0.25) is 0 Å². The zero-order valence-electron chi connectivity index (χ0n) is 6.81. The molecule has 0 aliphatic heterocycles. The minimum atomic E-state index is -0.342. The van der Waals surface area contributed by atoms with Gasteiger partial charge in [0.25, 0.3) is 0 Å². The first kappa shape index (κ1) is 9.53. The molecule has 0 saturated heterocycles. The molecule has 0 bridgehead atoms. The van der Waals surface area contributed by atoms with Crippen LogP contribution in [-0.4, -0.2) is 26.2 Å². The zero-order valence-corrected chi connectivity index (χ0v) is 8.52. The van der Waals surface area contributed by atoms with Crippen molar-refractivity contribution in [3.8, 4) is 0 Å². The predicted octanol–water partition coefficient (Wildman–Crippen LogP) is 0.981. The van der Waals surface area contributed by atoms with Gasteiger partial charge in [0.05, 0.1) is 0 Å². The molecule has 0 spiro atoms. The van der Waals surface area contributed by atoms with Crippen molar-refractivity contribution >= 4 is 19.4 Å². The summed E-state index contributed by atoms with van der Waals surface area (Å²) in [6.07, 6.45) is 1.25. The van der Waals surface area contributed by atoms with Crippen molar-refractivity contribution < 1.29 is 5.11 Å². The molecule has 0 amide bonds. The fraction of sp³-hybridized carbons (Fsp3) is 0.200. The van der Waals surface area contributed by atoms with Gasteiger partial charge in [-0.15, -0.1) is 0 Å². The molecule has 1 aromatic carbocycles. The van der Waals surface area contributed by atoms with E-state index in [2.05, 4.69) is 18.7 Å². The van der Waals surface area contributed by atoms with Gasteiger partial charge in [0, 0.05) is 0 Å². The third-order valence-corrected chi connectivity index (χ3v) is 3.77. The molecule has 0 unspecified atom stereocenters. The van der Waals surface area contributed by atoms with Crippen LogP contribution in [0.2, 0.25) is 5.32 Å². The van der Waals surface area contributed by atoms with E-state index >= 15 is 0 Å². The first-order valence-electron chi connectivity index (χ1n) is 3.81. The normalized spacial score (nSPS) is 12.4. The Morgan fingerprint density at radius 2 is 2.08 bits per heavy atom. The Morgan fingerprint density at radius 1 is 1.42 bits per heavy atom. The van der Waals surface area contributed by atoms with Crippen LogP contribution in [0.25, 0.3) is 0 Å². The molecule has 2 heteroatoms. The standard InChI is InChI=1S/C10H12OSe/c1-2-9(11)8-12-10-6-4-3-5-7-10/h2-7,9,11H,1,8H2/t9-/m1/s1. The Labute approximate surface area is 79.3 Å². The van der Waals surface area contributed by atoms with Gasteiger partial charge in [-0.05, 0) is 0 Å². The van der Waals surface area contributed by atoms with E-state index in [4.69, 9.17) is 0 Å². The van der Waals surface area contributed by atoms with Crippen LogP contribution in [0.4, 0.5) is 0 Å². The van der Waals surface area contributed by atoms with Crippen LogP contribution in [0.1, 0.15) is 0 Å². The zero-order chi connectivity index (χ0) is 8.81. The third-order valence-electron chi connectivity index (χ3n) is 1.44. The number of benzene rings is 1. The van der Waals surface area contributed by atoms with Gasteiger partial charge in [0.2, 0.25) is 0 Å². The van der Waals surface area contributed by atoms with E-state index in [1.54, 1.807) is 6.08 Å². The molecule has 12 heavy (non-hydrogen) atoms. The minimum absolute atomic E-state index is 0.342. The van der Waals surface area contributed by atoms with E-state index in [1.165, 1.54) is 4.46 Å². The molecule has 0 saturated carbocycles. The molecule has 1 rings (SSSR count). The van der Waals surface area contributed by atoms with Gasteiger partial charge in [-0.1, -0.05) is 0 Å². The van der Waals surface area contributed by atoms with Crippen molar-refractivity contribution in [3.63, 3.8) is 0 Å². The molecule has 0 aromatic heterocycles. The quantitative estimate of drug-likeness (QED) is 0.600. The second kappa shape index (κ2) is 5.15. The molecule has 0 radical (unpaired) electrons. The molecule has 0 heterocycles. The van der Waals surface area contributed by atoms with Crippen LogP contribution in [0.3, 0.4) is 0 Å². The summed E-state index contributed by atoms with van der Waals surface area (Å²) in [7, 11) is 0. The Kier molecular flexibility index (Phi) is 4.09. The van der Waals surface area contributed by atoms with Crippen LogP contribution in [0.15, 0.2) is 43.0 Å². The fourth-order valence-corrected chi connectivity index (χ4v) is 2.55. The molecule has 1 nitrogen and oxygen atoms in total. The van der Waals surface area contributed by atoms with Crippen molar-refractivity contribution in [2.75, 3.05) is 0 Å². The van der Waals surface area contributed by atoms with Gasteiger partial charge in [-0.2, -0.15) is 0 Å². The fourth-order valence-electron chi connectivity index (χ4n) is 0.766. The van der Waals surface area contributed by atoms with Gasteiger partial charge in [0.15, 0.2) is 0 Å². The second-order valence-corrected chi connectivity index (χ2v) is 4.72. The summed E-state index contributed by atoms with van der Waals surface area (Å²) >= 11 is 0.370. The monoisotopic (exact) mass is 228 g/mol. The number of rotatable bonds is 4. The Bertz CT molecular complexity index is 233. The third kappa shape index (κ3) is 3.22. The number of aliphatic hydroxyl groups is 1. The topological polar surface area (TPSA) is 20.2 Å². The van der Waals surface area contributed by atoms with E-state index in [9.17, 15) is 5.11 Å². The maximum absolute atomic E-state index is 9.22. The van der Waals surface area contributed by atoms with Crippen LogP contribution in [0.5, 0.6) is 0 Å². The van der Waals surface area contributed by atoms with Crippen molar-refractivity contribution in [1.29, 1.82) is 0 Å². The van der Waals surface area contributed by atoms with Crippen molar-refractivity contribution in [2.45, 2.75) is 11.4 Å². The SMILES string of the molecule is C=C[C@@H](O)C[Se]c1ccccc1. The number of hydrogen-bond acceptors (Lipinski definition) is 1. The molecule has 0 aliphatic rings. The molecule has 0 aliphatic carbocycles. The van der Waals surface area contributed by atoms with Gasteiger partial charge < -0.3 is 0 Å². The van der Waals surface area contributed by atoms with Crippen LogP contribution < -0.4 is 4.46 Å². The summed E-state index contributed by atoms with van der Waals surface area (Å²) in [5.41, 5.74) is 0. The van der Waals surface area contributed by atoms with E-state index in [0.29, 0.717) is 15.0 Å². The van der Waals surface area contributed by atoms with Crippen LogP contribution >= 0.6 is 0 Å². The first-order chi connectivity index (χ1) is 5.83. The molecule has 0 fully saturated rings. The summed E-state index contributed by atoms with van der Waals surface area (Å²) in [6, 6.07) is 10.2. The summed E-state index contributed by atoms with van der Waals surface area (Å²) in [6.45, 7) is 3.53. The van der Waals surface area contributed by atoms with E-state index < -0.39 is 0 Å². The van der Waals surface area contributed by atoms with Crippen molar-refractivity contribution in [2.24, 2.45) is 0 Å². The van der Waals surface area contributed by atoms with Crippen LogP contribution in [0, 0.1) is 0 Å². The van der Waals surface area contributed by atoms with Gasteiger partial charge in [-0.25, -0.2) is 0 Å². The molecular weight excluding hydrogens is 215 g/mol. The summed E-state index contributed by atoms with van der Waals surface area (Å²) in [5, 5.41) is 10.0. The number of aliphatic hydroxyl groups excluding tert-OH is 1. The predicted molar refractivity (Wildman–Crippen MR) is 52.8 cm³/mol. The first-order valence-corrected chi connectivity index (χ1v) is 5.88. The molecule has 1 aromatic rings. The Balaban J connectivity index is 2.38. The average molecular weight is 227 g/mol. The summed E-state index contributed by atoms with van der Waals surface area (Å²) in [4.78, 5) is 0. The summed E-state index contributed by atoms with van der Waals surface area (Å²) in [5.74, 6) is 0. The van der Waals surface area contributed by atoms with E-state index in [0.717, 1.165) is 5.32 Å². The number of hydrogen-bond donors (Lipinski definition) is 1. The average Bonchev–Trinajstić information content (AvgIpc) is 2.16. The Morgan fingerprint density at radius 3 is 2.67 bits per heavy atom. The van der Waals surface area contributed by atoms with Crippen molar-refractivity contribution in [1.82, 2.24) is 0 Å². The van der Waals surface area contributed by atoms with E-state index in [1.807, 2.05) is 18.2 Å². The van der Waals surface area contributed by atoms with Gasteiger partial charge in [0.1, 0.15) is 0 Å². The molecule has 64 valence electrons. The molecule has 1 atom stereocenters. The molecular formula is C10H12OSe. The Hall–Kier alpha value is -0.561.